The van der Waals surface area contributed by atoms with Gasteiger partial charge in [-0.1, -0.05) is 37.6 Å². The molecule has 1 aliphatic rings. The zero-order valence-corrected chi connectivity index (χ0v) is 19.8. The second kappa shape index (κ2) is 9.48. The van der Waals surface area contributed by atoms with Crippen molar-refractivity contribution in [1.29, 1.82) is 0 Å². The van der Waals surface area contributed by atoms with Gasteiger partial charge in [0.1, 0.15) is 5.82 Å². The summed E-state index contributed by atoms with van der Waals surface area (Å²) < 4.78 is 2.82. The molecule has 0 bridgehead atoms. The zero-order valence-electron chi connectivity index (χ0n) is 18.2. The highest BCUT2D eigenvalue weighted by atomic mass is 79.9. The lowest BCUT2D eigenvalue weighted by Crippen LogP contribution is -2.41. The van der Waals surface area contributed by atoms with Crippen molar-refractivity contribution in [2.75, 3.05) is 25.0 Å². The van der Waals surface area contributed by atoms with Crippen LogP contribution in [0, 0.1) is 12.8 Å². The Morgan fingerprint density at radius 3 is 2.73 bits per heavy atom. The van der Waals surface area contributed by atoms with E-state index in [2.05, 4.69) is 82.3 Å². The van der Waals surface area contributed by atoms with E-state index in [9.17, 15) is 0 Å². The molecule has 1 unspecified atom stereocenters. The molecule has 0 aliphatic carbocycles. The Kier molecular flexibility index (Phi) is 6.74. The van der Waals surface area contributed by atoms with Crippen molar-refractivity contribution in [3.63, 3.8) is 0 Å². The number of piperidine rings is 1. The van der Waals surface area contributed by atoms with Gasteiger partial charge in [0.25, 0.3) is 0 Å². The first kappa shape index (κ1) is 21.3. The highest BCUT2D eigenvalue weighted by Gasteiger charge is 2.22. The van der Waals surface area contributed by atoms with Gasteiger partial charge in [0.2, 0.25) is 0 Å². The number of rotatable bonds is 7. The van der Waals surface area contributed by atoms with Crippen molar-refractivity contribution in [3.8, 4) is 11.3 Å². The molecule has 0 saturated carbocycles. The van der Waals surface area contributed by atoms with Crippen LogP contribution in [-0.2, 0) is 0 Å². The lowest BCUT2D eigenvalue weighted by Gasteiger charge is -2.36. The molecular formula is C24H32BrN5. The van der Waals surface area contributed by atoms with Crippen LogP contribution in [0.1, 0.15) is 45.1 Å². The van der Waals surface area contributed by atoms with Crippen LogP contribution >= 0.6 is 15.9 Å². The normalized spacial score (nSPS) is 16.8. The van der Waals surface area contributed by atoms with Crippen molar-refractivity contribution in [2.45, 2.75) is 52.5 Å². The number of nitrogens with one attached hydrogen (secondary N) is 1. The van der Waals surface area contributed by atoms with Crippen LogP contribution in [0.5, 0.6) is 0 Å². The predicted molar refractivity (Wildman–Crippen MR) is 128 cm³/mol. The third kappa shape index (κ3) is 4.54. The maximum absolute atomic E-state index is 4.87. The molecular weight excluding hydrogens is 438 g/mol. The molecule has 30 heavy (non-hydrogen) atoms. The van der Waals surface area contributed by atoms with Crippen LogP contribution in [-0.4, -0.2) is 45.2 Å². The monoisotopic (exact) mass is 469 g/mol. The molecule has 2 aromatic heterocycles. The van der Waals surface area contributed by atoms with Crippen molar-refractivity contribution >= 4 is 27.4 Å². The maximum atomic E-state index is 4.87. The number of anilines is 1. The Labute approximate surface area is 188 Å². The largest absolute Gasteiger partial charge is 0.370 e. The molecule has 0 amide bonds. The highest BCUT2D eigenvalue weighted by Crippen LogP contribution is 2.28. The van der Waals surface area contributed by atoms with E-state index in [1.54, 1.807) is 0 Å². The van der Waals surface area contributed by atoms with Crippen LogP contribution in [0.15, 0.2) is 41.0 Å². The average Bonchev–Trinajstić information content (AvgIpc) is 3.14. The van der Waals surface area contributed by atoms with Crippen molar-refractivity contribution in [1.82, 2.24) is 19.5 Å². The van der Waals surface area contributed by atoms with Crippen LogP contribution in [0.3, 0.4) is 0 Å². The van der Waals surface area contributed by atoms with Gasteiger partial charge in [-0.2, -0.15) is 9.61 Å². The molecule has 0 spiro atoms. The van der Waals surface area contributed by atoms with Gasteiger partial charge in [-0.15, -0.1) is 0 Å². The standard InChI is InChI=1S/C24H32BrN5/c1-4-7-18(3)29-12-10-19(11-13-29)15-26-23-14-22(20-9-6-5-8-17(20)2)28-24-21(25)16-27-30(23)24/h5-6,8-9,14,16,18-19,26H,4,7,10-13,15H2,1-3H3. The van der Waals surface area contributed by atoms with Crippen molar-refractivity contribution in [2.24, 2.45) is 5.92 Å². The Bertz CT molecular complexity index is 990. The van der Waals surface area contributed by atoms with E-state index in [0.717, 1.165) is 33.7 Å². The first-order valence-corrected chi connectivity index (χ1v) is 11.9. The quantitative estimate of drug-likeness (QED) is 0.476. The Morgan fingerprint density at radius 1 is 1.23 bits per heavy atom. The number of aryl methyl sites for hydroxylation is 1. The fourth-order valence-corrected chi connectivity index (χ4v) is 4.86. The van der Waals surface area contributed by atoms with Crippen molar-refractivity contribution in [3.05, 3.63) is 46.6 Å². The van der Waals surface area contributed by atoms with E-state index in [0.29, 0.717) is 12.0 Å². The van der Waals surface area contributed by atoms with Gasteiger partial charge in [-0.25, -0.2) is 4.98 Å². The van der Waals surface area contributed by atoms with Crippen LogP contribution in [0.4, 0.5) is 5.82 Å². The minimum atomic E-state index is 0.694. The number of benzene rings is 1. The fraction of sp³-hybridized carbons (Fsp3) is 0.500. The molecule has 1 aliphatic heterocycles. The SMILES string of the molecule is CCCC(C)N1CCC(CNc2cc(-c3ccccc3C)nc3c(Br)cnn23)CC1. The number of fused-ring (bicyclic) bond motifs is 1. The summed E-state index contributed by atoms with van der Waals surface area (Å²) in [5, 5.41) is 8.22. The Balaban J connectivity index is 1.50. The number of aromatic nitrogens is 3. The number of hydrogen-bond acceptors (Lipinski definition) is 4. The predicted octanol–water partition coefficient (Wildman–Crippen LogP) is 5.78. The van der Waals surface area contributed by atoms with Gasteiger partial charge in [0.15, 0.2) is 5.65 Å². The van der Waals surface area contributed by atoms with E-state index >= 15 is 0 Å². The average molecular weight is 470 g/mol. The molecule has 1 aromatic carbocycles. The topological polar surface area (TPSA) is 45.5 Å². The molecule has 3 aromatic rings. The second-order valence-corrected chi connectivity index (χ2v) is 9.42. The smallest absolute Gasteiger partial charge is 0.172 e. The molecule has 3 heterocycles. The van der Waals surface area contributed by atoms with Crippen LogP contribution in [0.25, 0.3) is 16.9 Å². The third-order valence-corrected chi connectivity index (χ3v) is 6.96. The molecule has 1 saturated heterocycles. The summed E-state index contributed by atoms with van der Waals surface area (Å²) in [7, 11) is 0. The summed E-state index contributed by atoms with van der Waals surface area (Å²) in [6, 6.07) is 11.2. The van der Waals surface area contributed by atoms with Gasteiger partial charge in [0, 0.05) is 24.2 Å². The summed E-state index contributed by atoms with van der Waals surface area (Å²) in [6.45, 7) is 10.2. The van der Waals surface area contributed by atoms with Gasteiger partial charge in [-0.3, -0.25) is 0 Å². The molecule has 6 heteroatoms. The molecule has 0 radical (unpaired) electrons. The number of nitrogens with zero attached hydrogens (tertiary/aromatic N) is 4. The maximum Gasteiger partial charge on any atom is 0.172 e. The lowest BCUT2D eigenvalue weighted by molar-refractivity contribution is 0.138. The third-order valence-electron chi connectivity index (χ3n) is 6.40. The zero-order chi connectivity index (χ0) is 21.1. The first-order chi connectivity index (χ1) is 14.6. The molecule has 1 N–H and O–H groups in total. The minimum absolute atomic E-state index is 0.694. The van der Waals surface area contributed by atoms with E-state index in [1.165, 1.54) is 44.3 Å². The fourth-order valence-electron chi connectivity index (χ4n) is 4.51. The van der Waals surface area contributed by atoms with Gasteiger partial charge in [-0.05, 0) is 73.6 Å². The van der Waals surface area contributed by atoms with Crippen LogP contribution in [0.2, 0.25) is 0 Å². The Hall–Kier alpha value is -1.92. The summed E-state index contributed by atoms with van der Waals surface area (Å²) in [5.41, 5.74) is 4.22. The number of halogens is 1. The molecule has 5 nitrogen and oxygen atoms in total. The van der Waals surface area contributed by atoms with E-state index < -0.39 is 0 Å². The van der Waals surface area contributed by atoms with Gasteiger partial charge < -0.3 is 10.2 Å². The second-order valence-electron chi connectivity index (χ2n) is 8.57. The Morgan fingerprint density at radius 2 is 2.00 bits per heavy atom. The van der Waals surface area contributed by atoms with E-state index in [1.807, 2.05) is 10.7 Å². The van der Waals surface area contributed by atoms with Gasteiger partial charge in [0.05, 0.1) is 16.4 Å². The summed E-state index contributed by atoms with van der Waals surface area (Å²) in [4.78, 5) is 7.53. The van der Waals surface area contributed by atoms with Crippen molar-refractivity contribution < 1.29 is 0 Å². The highest BCUT2D eigenvalue weighted by molar-refractivity contribution is 9.10. The van der Waals surface area contributed by atoms with Crippen LogP contribution < -0.4 is 5.32 Å². The number of hydrogen-bond donors (Lipinski definition) is 1. The first-order valence-electron chi connectivity index (χ1n) is 11.1. The summed E-state index contributed by atoms with van der Waals surface area (Å²) >= 11 is 3.61. The lowest BCUT2D eigenvalue weighted by atomic mass is 9.95. The van der Waals surface area contributed by atoms with E-state index in [4.69, 9.17) is 4.98 Å². The molecule has 1 atom stereocenters. The minimum Gasteiger partial charge on any atom is -0.370 e. The molecule has 160 valence electrons. The van der Waals surface area contributed by atoms with E-state index in [-0.39, 0.29) is 0 Å². The van der Waals surface area contributed by atoms with Gasteiger partial charge >= 0.3 is 0 Å². The number of likely N-dealkylation sites (tertiary alicyclic amines) is 1. The molecule has 1 fully saturated rings. The summed E-state index contributed by atoms with van der Waals surface area (Å²) in [6.07, 6.45) is 6.89. The summed E-state index contributed by atoms with van der Waals surface area (Å²) in [5.74, 6) is 1.70. The molecule has 4 rings (SSSR count).